The second-order valence-corrected chi connectivity index (χ2v) is 7.70. The number of nitrogens with one attached hydrogen (secondary N) is 2. The normalized spacial score (nSPS) is 10.9. The number of sulfonamides is 1. The first kappa shape index (κ1) is 19.5. The molecule has 0 saturated carbocycles. The summed E-state index contributed by atoms with van der Waals surface area (Å²) in [7, 11) is -3.45. The van der Waals surface area contributed by atoms with Crippen LogP contribution in [0.4, 0.5) is 11.4 Å². The molecule has 0 heterocycles. The minimum Gasteiger partial charge on any atom is -0.452 e. The van der Waals surface area contributed by atoms with Crippen LogP contribution < -0.4 is 10.0 Å². The minimum absolute atomic E-state index is 0.137. The smallest absolute Gasteiger partial charge is 0.338 e. The molecule has 0 aliphatic rings. The SMILES string of the molecule is Cc1cc(C)cc(NC(=O)COC(=O)c2cccc(NS(C)(=O)=O)c2)c1. The maximum absolute atomic E-state index is 12.0. The summed E-state index contributed by atoms with van der Waals surface area (Å²) < 4.78 is 29.7. The van der Waals surface area contributed by atoms with Gasteiger partial charge in [-0.15, -0.1) is 0 Å². The lowest BCUT2D eigenvalue weighted by atomic mass is 10.1. The maximum Gasteiger partial charge on any atom is 0.338 e. The molecule has 2 rings (SSSR count). The molecule has 0 aromatic heterocycles. The zero-order valence-electron chi connectivity index (χ0n) is 14.7. The van der Waals surface area contributed by atoms with Crippen molar-refractivity contribution in [3.8, 4) is 0 Å². The molecule has 26 heavy (non-hydrogen) atoms. The van der Waals surface area contributed by atoms with Crippen molar-refractivity contribution in [3.63, 3.8) is 0 Å². The molecule has 2 N–H and O–H groups in total. The highest BCUT2D eigenvalue weighted by molar-refractivity contribution is 7.92. The molecule has 0 bridgehead atoms. The first-order valence-corrected chi connectivity index (χ1v) is 9.65. The number of esters is 1. The van der Waals surface area contributed by atoms with E-state index in [2.05, 4.69) is 10.0 Å². The van der Waals surface area contributed by atoms with Gasteiger partial charge in [0.05, 0.1) is 11.8 Å². The summed E-state index contributed by atoms with van der Waals surface area (Å²) in [6, 6.07) is 11.4. The van der Waals surface area contributed by atoms with Gasteiger partial charge in [-0.1, -0.05) is 12.1 Å². The fourth-order valence-electron chi connectivity index (χ4n) is 2.38. The number of anilines is 2. The van der Waals surface area contributed by atoms with Gasteiger partial charge >= 0.3 is 5.97 Å². The number of benzene rings is 2. The molecule has 1 amide bonds. The van der Waals surface area contributed by atoms with Gasteiger partial charge in [-0.25, -0.2) is 13.2 Å². The molecule has 0 aliphatic carbocycles. The summed E-state index contributed by atoms with van der Waals surface area (Å²) >= 11 is 0. The Kier molecular flexibility index (Phi) is 5.99. The average molecular weight is 376 g/mol. The Morgan fingerprint density at radius 2 is 1.65 bits per heavy atom. The predicted octanol–water partition coefficient (Wildman–Crippen LogP) is 2.47. The first-order valence-electron chi connectivity index (χ1n) is 7.75. The van der Waals surface area contributed by atoms with E-state index in [0.717, 1.165) is 17.4 Å². The van der Waals surface area contributed by atoms with Crippen LogP contribution in [0.2, 0.25) is 0 Å². The Labute approximate surface area is 152 Å². The summed E-state index contributed by atoms with van der Waals surface area (Å²) in [5.74, 6) is -1.19. The number of hydrogen-bond acceptors (Lipinski definition) is 5. The fourth-order valence-corrected chi connectivity index (χ4v) is 2.94. The van der Waals surface area contributed by atoms with Crippen LogP contribution in [0.1, 0.15) is 21.5 Å². The van der Waals surface area contributed by atoms with Crippen molar-refractivity contribution in [1.29, 1.82) is 0 Å². The molecule has 0 spiro atoms. The highest BCUT2D eigenvalue weighted by Gasteiger charge is 2.12. The quantitative estimate of drug-likeness (QED) is 0.754. The van der Waals surface area contributed by atoms with Gasteiger partial charge < -0.3 is 10.1 Å². The van der Waals surface area contributed by atoms with Crippen LogP contribution >= 0.6 is 0 Å². The number of carbonyl (C=O) groups excluding carboxylic acids is 2. The summed E-state index contributed by atoms with van der Waals surface area (Å²) in [6.45, 7) is 3.38. The lowest BCUT2D eigenvalue weighted by Crippen LogP contribution is -2.21. The Hall–Kier alpha value is -2.87. The fraction of sp³-hybridized carbons (Fsp3) is 0.222. The van der Waals surface area contributed by atoms with Crippen LogP contribution in [0.5, 0.6) is 0 Å². The third-order valence-corrected chi connectivity index (χ3v) is 3.85. The standard InChI is InChI=1S/C18H20N2O5S/c1-12-7-13(2)9-16(8-12)19-17(21)11-25-18(22)14-5-4-6-15(10-14)20-26(3,23)24/h4-10,20H,11H2,1-3H3,(H,19,21). The predicted molar refractivity (Wildman–Crippen MR) is 99.7 cm³/mol. The Morgan fingerprint density at radius 3 is 2.27 bits per heavy atom. The van der Waals surface area contributed by atoms with Crippen molar-refractivity contribution in [2.24, 2.45) is 0 Å². The van der Waals surface area contributed by atoms with Crippen molar-refractivity contribution in [3.05, 3.63) is 59.2 Å². The van der Waals surface area contributed by atoms with Crippen LogP contribution in [-0.2, 0) is 19.6 Å². The molecule has 0 radical (unpaired) electrons. The van der Waals surface area contributed by atoms with E-state index in [9.17, 15) is 18.0 Å². The van der Waals surface area contributed by atoms with Gasteiger partial charge in [-0.3, -0.25) is 9.52 Å². The zero-order chi connectivity index (χ0) is 19.3. The van der Waals surface area contributed by atoms with E-state index in [1.807, 2.05) is 32.0 Å². The molecule has 7 nitrogen and oxygen atoms in total. The molecular formula is C18H20N2O5S. The van der Waals surface area contributed by atoms with Crippen molar-refractivity contribution in [2.45, 2.75) is 13.8 Å². The monoisotopic (exact) mass is 376 g/mol. The summed E-state index contributed by atoms with van der Waals surface area (Å²) in [6.07, 6.45) is 1.01. The second-order valence-electron chi connectivity index (χ2n) is 5.96. The number of ether oxygens (including phenoxy) is 1. The van der Waals surface area contributed by atoms with Crippen molar-refractivity contribution in [1.82, 2.24) is 0 Å². The lowest BCUT2D eigenvalue weighted by Gasteiger charge is -2.09. The highest BCUT2D eigenvalue weighted by Crippen LogP contribution is 2.15. The Bertz CT molecular complexity index is 918. The Balaban J connectivity index is 1.95. The third kappa shape index (κ3) is 6.21. The average Bonchev–Trinajstić information content (AvgIpc) is 2.50. The number of aryl methyl sites for hydroxylation is 2. The van der Waals surface area contributed by atoms with Crippen LogP contribution in [0.15, 0.2) is 42.5 Å². The van der Waals surface area contributed by atoms with E-state index >= 15 is 0 Å². The molecule has 0 saturated heterocycles. The molecule has 8 heteroatoms. The third-order valence-electron chi connectivity index (χ3n) is 3.24. The molecular weight excluding hydrogens is 356 g/mol. The second kappa shape index (κ2) is 8.01. The zero-order valence-corrected chi connectivity index (χ0v) is 15.5. The van der Waals surface area contributed by atoms with Gasteiger partial charge in [0.1, 0.15) is 0 Å². The van der Waals surface area contributed by atoms with Crippen LogP contribution in [-0.4, -0.2) is 33.2 Å². The highest BCUT2D eigenvalue weighted by atomic mass is 32.2. The van der Waals surface area contributed by atoms with Gasteiger partial charge in [0.15, 0.2) is 6.61 Å². The lowest BCUT2D eigenvalue weighted by molar-refractivity contribution is -0.119. The summed E-state index contributed by atoms with van der Waals surface area (Å²) in [5, 5.41) is 2.67. The van der Waals surface area contributed by atoms with E-state index in [1.54, 1.807) is 0 Å². The van der Waals surface area contributed by atoms with Crippen molar-refractivity contribution >= 4 is 33.3 Å². The van der Waals surface area contributed by atoms with Crippen LogP contribution in [0.25, 0.3) is 0 Å². The molecule has 2 aromatic rings. The van der Waals surface area contributed by atoms with E-state index in [1.165, 1.54) is 24.3 Å². The van der Waals surface area contributed by atoms with Crippen molar-refractivity contribution in [2.75, 3.05) is 22.9 Å². The van der Waals surface area contributed by atoms with Gasteiger partial charge in [0, 0.05) is 11.4 Å². The number of amides is 1. The summed E-state index contributed by atoms with van der Waals surface area (Å²) in [5.41, 5.74) is 3.02. The van der Waals surface area contributed by atoms with Gasteiger partial charge in [0.2, 0.25) is 10.0 Å². The van der Waals surface area contributed by atoms with Gasteiger partial charge in [-0.05, 0) is 55.3 Å². The van der Waals surface area contributed by atoms with Crippen molar-refractivity contribution < 1.29 is 22.7 Å². The van der Waals surface area contributed by atoms with E-state index < -0.39 is 28.5 Å². The topological polar surface area (TPSA) is 102 Å². The van der Waals surface area contributed by atoms with E-state index in [4.69, 9.17) is 4.74 Å². The molecule has 138 valence electrons. The molecule has 0 unspecified atom stereocenters. The van der Waals surface area contributed by atoms with Gasteiger partial charge in [-0.2, -0.15) is 0 Å². The van der Waals surface area contributed by atoms with Crippen LogP contribution in [0, 0.1) is 13.8 Å². The molecule has 0 aliphatic heterocycles. The molecule has 2 aromatic carbocycles. The minimum atomic E-state index is -3.45. The molecule has 0 atom stereocenters. The van der Waals surface area contributed by atoms with E-state index in [0.29, 0.717) is 5.69 Å². The number of hydrogen-bond donors (Lipinski definition) is 2. The number of rotatable bonds is 6. The summed E-state index contributed by atoms with van der Waals surface area (Å²) in [4.78, 5) is 24.0. The van der Waals surface area contributed by atoms with Crippen LogP contribution in [0.3, 0.4) is 0 Å². The molecule has 0 fully saturated rings. The largest absolute Gasteiger partial charge is 0.452 e. The van der Waals surface area contributed by atoms with E-state index in [-0.39, 0.29) is 11.3 Å². The Morgan fingerprint density at radius 1 is 1.00 bits per heavy atom. The number of carbonyl (C=O) groups is 2. The maximum atomic E-state index is 12.0. The van der Waals surface area contributed by atoms with Gasteiger partial charge in [0.25, 0.3) is 5.91 Å². The first-order chi connectivity index (χ1) is 12.1.